The number of benzene rings is 3. The standard InChI is InChI=1S/C23H19N3O3S/c1-2-29-18-11-9-16(10-12-18)24-21(27)15-8-13-19-20(14-15)25-23(30)26(22(19)28)17-6-4-3-5-7-17/h3-14H,2H2,1H3,(H,24,27)(H,25,30). The van der Waals surface area contributed by atoms with Crippen LogP contribution in [0.3, 0.4) is 0 Å². The summed E-state index contributed by atoms with van der Waals surface area (Å²) in [6, 6.07) is 21.2. The third-order valence-corrected chi connectivity index (χ3v) is 4.88. The first-order chi connectivity index (χ1) is 14.6. The van der Waals surface area contributed by atoms with Crippen LogP contribution in [0.1, 0.15) is 17.3 Å². The van der Waals surface area contributed by atoms with E-state index in [0.29, 0.717) is 34.4 Å². The second kappa shape index (κ2) is 8.34. The number of carbonyl (C=O) groups is 1. The van der Waals surface area contributed by atoms with Crippen molar-refractivity contribution in [1.29, 1.82) is 0 Å². The quantitative estimate of drug-likeness (QED) is 0.462. The molecular formula is C23H19N3O3S. The molecule has 4 rings (SSSR count). The van der Waals surface area contributed by atoms with E-state index < -0.39 is 0 Å². The molecule has 0 aliphatic heterocycles. The molecule has 0 spiro atoms. The van der Waals surface area contributed by atoms with Gasteiger partial charge in [0.15, 0.2) is 4.77 Å². The number of ether oxygens (including phenoxy) is 1. The first kappa shape index (κ1) is 19.6. The Morgan fingerprint density at radius 2 is 1.80 bits per heavy atom. The number of nitrogens with one attached hydrogen (secondary N) is 2. The smallest absolute Gasteiger partial charge is 0.266 e. The van der Waals surface area contributed by atoms with E-state index in [1.54, 1.807) is 42.5 Å². The van der Waals surface area contributed by atoms with Gasteiger partial charge in [-0.15, -0.1) is 0 Å². The van der Waals surface area contributed by atoms with Gasteiger partial charge in [0.1, 0.15) is 5.75 Å². The van der Waals surface area contributed by atoms with Crippen LogP contribution in [0.5, 0.6) is 5.75 Å². The highest BCUT2D eigenvalue weighted by molar-refractivity contribution is 7.71. The molecule has 150 valence electrons. The van der Waals surface area contributed by atoms with Crippen LogP contribution in [0.25, 0.3) is 16.6 Å². The first-order valence-corrected chi connectivity index (χ1v) is 9.86. The zero-order chi connectivity index (χ0) is 21.1. The molecule has 2 N–H and O–H groups in total. The summed E-state index contributed by atoms with van der Waals surface area (Å²) in [5.74, 6) is 0.455. The maximum Gasteiger partial charge on any atom is 0.266 e. The molecule has 0 bridgehead atoms. The summed E-state index contributed by atoms with van der Waals surface area (Å²) in [7, 11) is 0. The van der Waals surface area contributed by atoms with E-state index in [9.17, 15) is 9.59 Å². The van der Waals surface area contributed by atoms with E-state index >= 15 is 0 Å². The monoisotopic (exact) mass is 417 g/mol. The second-order valence-electron chi connectivity index (χ2n) is 6.58. The Hall–Kier alpha value is -3.71. The lowest BCUT2D eigenvalue weighted by Gasteiger charge is -2.10. The number of nitrogens with zero attached hydrogens (tertiary/aromatic N) is 1. The SMILES string of the molecule is CCOc1ccc(NC(=O)c2ccc3c(=O)n(-c4ccccc4)c(=S)[nH]c3c2)cc1. The molecule has 0 aliphatic rings. The largest absolute Gasteiger partial charge is 0.494 e. The number of rotatable bonds is 5. The molecule has 0 saturated heterocycles. The zero-order valence-corrected chi connectivity index (χ0v) is 17.0. The Bertz CT molecular complexity index is 1330. The predicted octanol–water partition coefficient (Wildman–Crippen LogP) is 4.70. The van der Waals surface area contributed by atoms with Crippen molar-refractivity contribution in [2.45, 2.75) is 6.92 Å². The Morgan fingerprint density at radius 3 is 2.50 bits per heavy atom. The summed E-state index contributed by atoms with van der Waals surface area (Å²) in [6.07, 6.45) is 0. The van der Waals surface area contributed by atoms with Gasteiger partial charge >= 0.3 is 0 Å². The number of fused-ring (bicyclic) bond motifs is 1. The molecule has 0 aliphatic carbocycles. The van der Waals surface area contributed by atoms with Gasteiger partial charge in [-0.05, 0) is 73.7 Å². The lowest BCUT2D eigenvalue weighted by atomic mass is 10.1. The molecular weight excluding hydrogens is 398 g/mol. The third-order valence-electron chi connectivity index (χ3n) is 4.60. The molecule has 1 heterocycles. The van der Waals surface area contributed by atoms with Crippen molar-refractivity contribution in [3.63, 3.8) is 0 Å². The fraction of sp³-hybridized carbons (Fsp3) is 0.0870. The van der Waals surface area contributed by atoms with Crippen molar-refractivity contribution in [3.8, 4) is 11.4 Å². The van der Waals surface area contributed by atoms with Crippen LogP contribution in [-0.2, 0) is 0 Å². The van der Waals surface area contributed by atoms with Crippen molar-refractivity contribution < 1.29 is 9.53 Å². The van der Waals surface area contributed by atoms with Crippen LogP contribution in [0.15, 0.2) is 77.6 Å². The number of anilines is 1. The number of H-pyrrole nitrogens is 1. The Kier molecular flexibility index (Phi) is 5.45. The average Bonchev–Trinajstić information content (AvgIpc) is 2.75. The topological polar surface area (TPSA) is 76.1 Å². The van der Waals surface area contributed by atoms with Crippen molar-refractivity contribution in [1.82, 2.24) is 9.55 Å². The molecule has 0 fully saturated rings. The number of aromatic amines is 1. The number of para-hydroxylation sites is 1. The van der Waals surface area contributed by atoms with Crippen molar-refractivity contribution in [2.24, 2.45) is 0 Å². The number of amides is 1. The molecule has 3 aromatic carbocycles. The van der Waals surface area contributed by atoms with Crippen molar-refractivity contribution >= 4 is 34.7 Å². The van der Waals surface area contributed by atoms with E-state index in [1.807, 2.05) is 37.3 Å². The van der Waals surface area contributed by atoms with Gasteiger partial charge in [-0.25, -0.2) is 0 Å². The summed E-state index contributed by atoms with van der Waals surface area (Å²) in [5, 5.41) is 3.29. The van der Waals surface area contributed by atoms with E-state index in [4.69, 9.17) is 17.0 Å². The average molecular weight is 417 g/mol. The van der Waals surface area contributed by atoms with Crippen molar-refractivity contribution in [2.75, 3.05) is 11.9 Å². The minimum atomic E-state index is -0.285. The summed E-state index contributed by atoms with van der Waals surface area (Å²) >= 11 is 5.39. The Morgan fingerprint density at radius 1 is 1.07 bits per heavy atom. The molecule has 7 heteroatoms. The van der Waals surface area contributed by atoms with Crippen LogP contribution in [0.2, 0.25) is 0 Å². The van der Waals surface area contributed by atoms with Gasteiger partial charge in [0.2, 0.25) is 0 Å². The van der Waals surface area contributed by atoms with Crippen LogP contribution >= 0.6 is 12.2 Å². The molecule has 1 aromatic heterocycles. The fourth-order valence-corrected chi connectivity index (χ4v) is 3.47. The number of carbonyl (C=O) groups excluding carboxylic acids is 1. The van der Waals surface area contributed by atoms with Crippen LogP contribution in [0.4, 0.5) is 5.69 Å². The van der Waals surface area contributed by atoms with Gasteiger partial charge in [0.25, 0.3) is 11.5 Å². The summed E-state index contributed by atoms with van der Waals surface area (Å²) in [4.78, 5) is 28.7. The minimum Gasteiger partial charge on any atom is -0.494 e. The highest BCUT2D eigenvalue weighted by atomic mass is 32.1. The number of hydrogen-bond donors (Lipinski definition) is 2. The summed E-state index contributed by atoms with van der Waals surface area (Å²) < 4.78 is 7.11. The molecule has 6 nitrogen and oxygen atoms in total. The molecule has 0 unspecified atom stereocenters. The zero-order valence-electron chi connectivity index (χ0n) is 16.2. The highest BCUT2D eigenvalue weighted by Gasteiger charge is 2.12. The maximum atomic E-state index is 13.0. The van der Waals surface area contributed by atoms with E-state index in [-0.39, 0.29) is 16.2 Å². The number of aromatic nitrogens is 2. The minimum absolute atomic E-state index is 0.238. The lowest BCUT2D eigenvalue weighted by Crippen LogP contribution is -2.21. The fourth-order valence-electron chi connectivity index (χ4n) is 3.18. The second-order valence-corrected chi connectivity index (χ2v) is 6.96. The van der Waals surface area contributed by atoms with Crippen LogP contribution in [0, 0.1) is 4.77 Å². The molecule has 1 amide bonds. The normalized spacial score (nSPS) is 10.7. The van der Waals surface area contributed by atoms with Gasteiger partial charge in [-0.1, -0.05) is 18.2 Å². The molecule has 0 saturated carbocycles. The molecule has 30 heavy (non-hydrogen) atoms. The molecule has 4 aromatic rings. The highest BCUT2D eigenvalue weighted by Crippen LogP contribution is 2.18. The summed E-state index contributed by atoms with van der Waals surface area (Å²) in [6.45, 7) is 2.49. The Labute approximate surface area is 177 Å². The summed E-state index contributed by atoms with van der Waals surface area (Å²) in [5.41, 5.74) is 2.02. The van der Waals surface area contributed by atoms with Gasteiger partial charge < -0.3 is 15.0 Å². The van der Waals surface area contributed by atoms with Gasteiger partial charge in [0.05, 0.1) is 23.2 Å². The van der Waals surface area contributed by atoms with Crippen molar-refractivity contribution in [3.05, 3.63) is 93.5 Å². The predicted molar refractivity (Wildman–Crippen MR) is 120 cm³/mol. The van der Waals surface area contributed by atoms with Crippen LogP contribution in [-0.4, -0.2) is 22.1 Å². The van der Waals surface area contributed by atoms with Gasteiger partial charge in [-0.2, -0.15) is 0 Å². The van der Waals surface area contributed by atoms with E-state index in [2.05, 4.69) is 10.3 Å². The third kappa shape index (κ3) is 3.88. The van der Waals surface area contributed by atoms with Gasteiger partial charge in [-0.3, -0.25) is 14.2 Å². The number of hydrogen-bond acceptors (Lipinski definition) is 4. The lowest BCUT2D eigenvalue weighted by molar-refractivity contribution is 0.102. The maximum absolute atomic E-state index is 13.0. The molecule has 0 atom stereocenters. The molecule has 0 radical (unpaired) electrons. The van der Waals surface area contributed by atoms with E-state index in [0.717, 1.165) is 5.75 Å². The first-order valence-electron chi connectivity index (χ1n) is 9.45. The Balaban J connectivity index is 1.66. The van der Waals surface area contributed by atoms with E-state index in [1.165, 1.54) is 4.57 Å². The van der Waals surface area contributed by atoms with Crippen LogP contribution < -0.4 is 15.6 Å². The van der Waals surface area contributed by atoms with Gasteiger partial charge in [0, 0.05) is 11.3 Å².